The van der Waals surface area contributed by atoms with E-state index in [1.165, 1.54) is 6.20 Å². The van der Waals surface area contributed by atoms with Crippen LogP contribution in [-0.2, 0) is 16.6 Å². The molecule has 1 heterocycles. The van der Waals surface area contributed by atoms with Gasteiger partial charge in [0.1, 0.15) is 16.5 Å². The predicted molar refractivity (Wildman–Crippen MR) is 120 cm³/mol. The van der Waals surface area contributed by atoms with Crippen LogP contribution in [0.4, 0.5) is 8.78 Å². The number of nitrogens with zero attached hydrogens (tertiary/aromatic N) is 2. The molecule has 3 aromatic rings. The average molecular weight is 579 g/mol. The van der Waals surface area contributed by atoms with Crippen molar-refractivity contribution >= 4 is 41.9 Å². The van der Waals surface area contributed by atoms with Crippen LogP contribution in [0.2, 0.25) is 0 Å². The van der Waals surface area contributed by atoms with Crippen LogP contribution >= 0.6 is 31.9 Å². The minimum Gasteiger partial charge on any atom is -0.426 e. The molecule has 1 N–H and O–H groups in total. The molecule has 0 amide bonds. The van der Waals surface area contributed by atoms with Gasteiger partial charge < -0.3 is 4.74 Å². The van der Waals surface area contributed by atoms with Gasteiger partial charge in [-0.3, -0.25) is 4.57 Å². The number of rotatable bonds is 7. The lowest BCUT2D eigenvalue weighted by Gasteiger charge is -2.18. The number of sulfonamides is 1. The van der Waals surface area contributed by atoms with E-state index >= 15 is 0 Å². The molecule has 0 aliphatic carbocycles. The number of halogens is 4. The third-order valence-corrected chi connectivity index (χ3v) is 7.71. The number of nitrogens with one attached hydrogen (secondary N) is 1. The van der Waals surface area contributed by atoms with Crippen molar-refractivity contribution in [1.29, 1.82) is 0 Å². The summed E-state index contributed by atoms with van der Waals surface area (Å²) in [5.41, 5.74) is 1.58. The highest BCUT2D eigenvalue weighted by Crippen LogP contribution is 2.34. The molecule has 0 aliphatic rings. The SMILES string of the molecule is CCn1c(C(C)NS(=O)(=O)c2c(F)c(Br)cc(F)c2Br)cnc1Oc1ccc(C)cc1. The standard InChI is InChI=1S/C20H19Br2F2N3O3S/c1-4-27-16(10-25-20(27)30-13-7-5-11(2)6-8-13)12(3)26-31(28,29)19-17(22)15(23)9-14(21)18(19)24/h5-10,12,26H,4H2,1-3H3. The summed E-state index contributed by atoms with van der Waals surface area (Å²) >= 11 is 5.67. The number of imidazole rings is 1. The van der Waals surface area contributed by atoms with Crippen LogP contribution < -0.4 is 9.46 Å². The van der Waals surface area contributed by atoms with Gasteiger partial charge in [0.05, 0.1) is 26.9 Å². The molecular weight excluding hydrogens is 560 g/mol. The molecule has 0 saturated heterocycles. The Morgan fingerprint density at radius 3 is 2.48 bits per heavy atom. The summed E-state index contributed by atoms with van der Waals surface area (Å²) < 4.78 is 63.3. The molecule has 0 bridgehead atoms. The second-order valence-corrected chi connectivity index (χ2v) is 10.1. The number of aryl methyl sites for hydroxylation is 1. The third-order valence-electron chi connectivity index (χ3n) is 4.51. The summed E-state index contributed by atoms with van der Waals surface area (Å²) in [6.45, 7) is 5.85. The second kappa shape index (κ2) is 9.35. The first-order chi connectivity index (χ1) is 14.5. The molecule has 31 heavy (non-hydrogen) atoms. The van der Waals surface area contributed by atoms with E-state index in [9.17, 15) is 17.2 Å². The lowest BCUT2D eigenvalue weighted by molar-refractivity contribution is 0.408. The molecule has 6 nitrogen and oxygen atoms in total. The van der Waals surface area contributed by atoms with Crippen molar-refractivity contribution < 1.29 is 21.9 Å². The molecule has 2 aromatic carbocycles. The fourth-order valence-electron chi connectivity index (χ4n) is 2.97. The first-order valence-corrected chi connectivity index (χ1v) is 12.3. The Labute approximate surface area is 195 Å². The highest BCUT2D eigenvalue weighted by molar-refractivity contribution is 9.11. The summed E-state index contributed by atoms with van der Waals surface area (Å²) in [5, 5.41) is 0. The Kier molecular flexibility index (Phi) is 7.19. The van der Waals surface area contributed by atoms with Gasteiger partial charge in [0.2, 0.25) is 10.0 Å². The number of aromatic nitrogens is 2. The molecule has 0 fully saturated rings. The van der Waals surface area contributed by atoms with E-state index in [1.807, 2.05) is 26.0 Å². The fraction of sp³-hybridized carbons (Fsp3) is 0.250. The van der Waals surface area contributed by atoms with E-state index in [0.29, 0.717) is 18.0 Å². The molecule has 0 saturated carbocycles. The molecule has 11 heteroatoms. The highest BCUT2D eigenvalue weighted by Gasteiger charge is 2.30. The van der Waals surface area contributed by atoms with Crippen LogP contribution in [0.15, 0.2) is 50.4 Å². The van der Waals surface area contributed by atoms with E-state index < -0.39 is 37.1 Å². The van der Waals surface area contributed by atoms with E-state index in [-0.39, 0.29) is 10.5 Å². The largest absolute Gasteiger partial charge is 0.426 e. The van der Waals surface area contributed by atoms with Crippen molar-refractivity contribution in [3.63, 3.8) is 0 Å². The number of hydrogen-bond acceptors (Lipinski definition) is 4. The lowest BCUT2D eigenvalue weighted by Crippen LogP contribution is -2.29. The van der Waals surface area contributed by atoms with Gasteiger partial charge in [0.15, 0.2) is 5.82 Å². The zero-order chi connectivity index (χ0) is 22.9. The van der Waals surface area contributed by atoms with Crippen molar-refractivity contribution in [1.82, 2.24) is 14.3 Å². The molecule has 1 aromatic heterocycles. The van der Waals surface area contributed by atoms with Crippen molar-refractivity contribution in [2.75, 3.05) is 0 Å². The van der Waals surface area contributed by atoms with Crippen molar-refractivity contribution in [2.24, 2.45) is 0 Å². The molecule has 1 atom stereocenters. The van der Waals surface area contributed by atoms with E-state index in [4.69, 9.17) is 4.74 Å². The summed E-state index contributed by atoms with van der Waals surface area (Å²) in [6.07, 6.45) is 1.48. The van der Waals surface area contributed by atoms with E-state index in [1.54, 1.807) is 23.6 Å². The van der Waals surface area contributed by atoms with Crippen LogP contribution in [0.3, 0.4) is 0 Å². The summed E-state index contributed by atoms with van der Waals surface area (Å²) in [4.78, 5) is 3.43. The topological polar surface area (TPSA) is 73.2 Å². The van der Waals surface area contributed by atoms with E-state index in [2.05, 4.69) is 41.6 Å². The quantitative estimate of drug-likeness (QED) is 0.357. The molecule has 1 unspecified atom stereocenters. The maximum Gasteiger partial charge on any atom is 0.302 e. The molecular formula is C20H19Br2F2N3O3S. The van der Waals surface area contributed by atoms with Crippen molar-refractivity contribution in [2.45, 2.75) is 38.3 Å². The first-order valence-electron chi connectivity index (χ1n) is 9.20. The summed E-state index contributed by atoms with van der Waals surface area (Å²) in [6, 6.07) is 7.74. The van der Waals surface area contributed by atoms with Gasteiger partial charge in [0, 0.05) is 6.54 Å². The fourth-order valence-corrected chi connectivity index (χ4v) is 5.81. The Balaban J connectivity index is 1.91. The Hall–Kier alpha value is -1.82. The highest BCUT2D eigenvalue weighted by atomic mass is 79.9. The summed E-state index contributed by atoms with van der Waals surface area (Å²) in [5.74, 6) is -1.42. The normalized spacial score (nSPS) is 12.7. The van der Waals surface area contributed by atoms with Gasteiger partial charge in [-0.25, -0.2) is 26.9 Å². The van der Waals surface area contributed by atoms with Gasteiger partial charge >= 0.3 is 6.01 Å². The number of ether oxygens (including phenoxy) is 1. The number of benzene rings is 2. The minimum atomic E-state index is -4.42. The van der Waals surface area contributed by atoms with Gasteiger partial charge in [-0.2, -0.15) is 0 Å². The number of hydrogen-bond donors (Lipinski definition) is 1. The smallest absolute Gasteiger partial charge is 0.302 e. The zero-order valence-corrected chi connectivity index (χ0v) is 20.8. The van der Waals surface area contributed by atoms with Crippen molar-refractivity contribution in [3.05, 3.63) is 68.4 Å². The lowest BCUT2D eigenvalue weighted by atomic mass is 10.2. The van der Waals surface area contributed by atoms with Crippen LogP contribution in [-0.4, -0.2) is 18.0 Å². The van der Waals surface area contributed by atoms with Crippen LogP contribution in [0, 0.1) is 18.6 Å². The van der Waals surface area contributed by atoms with Crippen molar-refractivity contribution in [3.8, 4) is 11.8 Å². The van der Waals surface area contributed by atoms with Crippen LogP contribution in [0.25, 0.3) is 0 Å². The maximum absolute atomic E-state index is 14.5. The molecule has 0 spiro atoms. The first kappa shape index (κ1) is 23.8. The third kappa shape index (κ3) is 5.00. The Morgan fingerprint density at radius 1 is 1.23 bits per heavy atom. The average Bonchev–Trinajstić information content (AvgIpc) is 3.10. The van der Waals surface area contributed by atoms with Gasteiger partial charge in [-0.15, -0.1) is 0 Å². The van der Waals surface area contributed by atoms with Gasteiger partial charge in [0.25, 0.3) is 0 Å². The van der Waals surface area contributed by atoms with E-state index in [0.717, 1.165) is 11.6 Å². The zero-order valence-electron chi connectivity index (χ0n) is 16.8. The Bertz CT molecular complexity index is 1190. The minimum absolute atomic E-state index is 0.285. The molecule has 166 valence electrons. The maximum atomic E-state index is 14.5. The predicted octanol–water partition coefficient (Wildman–Crippen LogP) is 5.85. The van der Waals surface area contributed by atoms with Gasteiger partial charge in [-0.1, -0.05) is 17.7 Å². The Morgan fingerprint density at radius 2 is 1.87 bits per heavy atom. The molecule has 3 rings (SSSR count). The van der Waals surface area contributed by atoms with Crippen LogP contribution in [0.5, 0.6) is 11.8 Å². The summed E-state index contributed by atoms with van der Waals surface area (Å²) in [7, 11) is -4.42. The second-order valence-electron chi connectivity index (χ2n) is 6.77. The van der Waals surface area contributed by atoms with Crippen LogP contribution in [0.1, 0.15) is 31.1 Å². The monoisotopic (exact) mass is 577 g/mol. The molecule has 0 radical (unpaired) electrons. The molecule has 0 aliphatic heterocycles. The van der Waals surface area contributed by atoms with Gasteiger partial charge in [-0.05, 0) is 70.8 Å².